The van der Waals surface area contributed by atoms with E-state index in [1.165, 1.54) is 4.88 Å². The molecule has 4 nitrogen and oxygen atoms in total. The zero-order valence-electron chi connectivity index (χ0n) is 8.76. The lowest BCUT2D eigenvalue weighted by Gasteiger charge is -1.99. The lowest BCUT2D eigenvalue weighted by molar-refractivity contribution is 1.09. The van der Waals surface area contributed by atoms with Gasteiger partial charge < -0.3 is 5.32 Å². The fourth-order valence-corrected chi connectivity index (χ4v) is 2.37. The van der Waals surface area contributed by atoms with Crippen LogP contribution in [-0.2, 0) is 6.42 Å². The first-order chi connectivity index (χ1) is 7.24. The molecule has 0 amide bonds. The third-order valence-corrected chi connectivity index (χ3v) is 3.32. The normalized spacial score (nSPS) is 10.8. The SMILES string of the molecule is CCNc1nc2sc(CC)cc2c(=O)[nH]1. The Morgan fingerprint density at radius 3 is 3.00 bits per heavy atom. The maximum atomic E-state index is 11.7. The molecule has 2 N–H and O–H groups in total. The van der Waals surface area contributed by atoms with E-state index in [0.29, 0.717) is 11.3 Å². The minimum atomic E-state index is -0.0631. The third-order valence-electron chi connectivity index (χ3n) is 2.15. The molecule has 0 aliphatic carbocycles. The van der Waals surface area contributed by atoms with E-state index in [2.05, 4.69) is 22.2 Å². The lowest BCUT2D eigenvalue weighted by Crippen LogP contribution is -2.11. The van der Waals surface area contributed by atoms with Crippen LogP contribution >= 0.6 is 11.3 Å². The van der Waals surface area contributed by atoms with Crippen LogP contribution in [0.15, 0.2) is 10.9 Å². The molecular weight excluding hydrogens is 210 g/mol. The molecule has 15 heavy (non-hydrogen) atoms. The number of nitrogens with zero attached hydrogens (tertiary/aromatic N) is 1. The molecule has 2 aromatic heterocycles. The lowest BCUT2D eigenvalue weighted by atomic mass is 10.3. The van der Waals surface area contributed by atoms with Crippen LogP contribution in [0.3, 0.4) is 0 Å². The Kier molecular flexibility index (Phi) is 2.73. The van der Waals surface area contributed by atoms with Gasteiger partial charge in [0.1, 0.15) is 4.83 Å². The van der Waals surface area contributed by atoms with Crippen molar-refractivity contribution in [1.82, 2.24) is 9.97 Å². The molecule has 0 aliphatic rings. The summed E-state index contributed by atoms with van der Waals surface area (Å²) in [6, 6.07) is 1.92. The van der Waals surface area contributed by atoms with E-state index in [1.807, 2.05) is 13.0 Å². The molecule has 5 heteroatoms. The van der Waals surface area contributed by atoms with Crippen molar-refractivity contribution in [3.8, 4) is 0 Å². The highest BCUT2D eigenvalue weighted by molar-refractivity contribution is 7.18. The number of nitrogens with one attached hydrogen (secondary N) is 2. The van der Waals surface area contributed by atoms with Gasteiger partial charge in [-0.3, -0.25) is 9.78 Å². The van der Waals surface area contributed by atoms with Gasteiger partial charge in [0.05, 0.1) is 5.39 Å². The molecule has 0 atom stereocenters. The van der Waals surface area contributed by atoms with Crippen molar-refractivity contribution in [3.05, 3.63) is 21.3 Å². The van der Waals surface area contributed by atoms with Crippen LogP contribution in [0.1, 0.15) is 18.7 Å². The van der Waals surface area contributed by atoms with Crippen molar-refractivity contribution in [2.45, 2.75) is 20.3 Å². The molecule has 0 saturated carbocycles. The first-order valence-corrected chi connectivity index (χ1v) is 5.82. The summed E-state index contributed by atoms with van der Waals surface area (Å²) >= 11 is 1.58. The number of aromatic amines is 1. The second-order valence-corrected chi connectivity index (χ2v) is 4.35. The second-order valence-electron chi connectivity index (χ2n) is 3.23. The molecule has 2 aromatic rings. The van der Waals surface area contributed by atoms with E-state index in [0.717, 1.165) is 17.8 Å². The standard InChI is InChI=1S/C10H13N3OS/c1-3-6-5-7-8(14)12-10(11-4-2)13-9(7)15-6/h5H,3-4H2,1-2H3,(H2,11,12,13,14). The molecule has 0 fully saturated rings. The molecule has 0 spiro atoms. The van der Waals surface area contributed by atoms with Crippen molar-refractivity contribution >= 4 is 27.5 Å². The van der Waals surface area contributed by atoms with Crippen molar-refractivity contribution in [2.24, 2.45) is 0 Å². The van der Waals surface area contributed by atoms with Gasteiger partial charge in [-0.15, -0.1) is 11.3 Å². The molecule has 0 bridgehead atoms. The van der Waals surface area contributed by atoms with Crippen molar-refractivity contribution < 1.29 is 0 Å². The first kappa shape index (κ1) is 10.2. The summed E-state index contributed by atoms with van der Waals surface area (Å²) in [5, 5.41) is 3.70. The summed E-state index contributed by atoms with van der Waals surface area (Å²) < 4.78 is 0. The minimum absolute atomic E-state index is 0.0631. The Morgan fingerprint density at radius 1 is 1.53 bits per heavy atom. The van der Waals surface area contributed by atoms with E-state index >= 15 is 0 Å². The number of fused-ring (bicyclic) bond motifs is 1. The molecule has 0 unspecified atom stereocenters. The Morgan fingerprint density at radius 2 is 2.33 bits per heavy atom. The van der Waals surface area contributed by atoms with Gasteiger partial charge in [0, 0.05) is 11.4 Å². The van der Waals surface area contributed by atoms with Gasteiger partial charge in [-0.2, -0.15) is 0 Å². The number of aromatic nitrogens is 2. The average Bonchev–Trinajstić information content (AvgIpc) is 2.62. The maximum absolute atomic E-state index is 11.7. The first-order valence-electron chi connectivity index (χ1n) is 5.01. The van der Waals surface area contributed by atoms with Gasteiger partial charge in [0.2, 0.25) is 5.95 Å². The van der Waals surface area contributed by atoms with Crippen LogP contribution < -0.4 is 10.9 Å². The van der Waals surface area contributed by atoms with Crippen LogP contribution in [0, 0.1) is 0 Å². The molecule has 2 heterocycles. The van der Waals surface area contributed by atoms with Gasteiger partial charge >= 0.3 is 0 Å². The smallest absolute Gasteiger partial charge is 0.261 e. The summed E-state index contributed by atoms with van der Waals surface area (Å²) in [5.74, 6) is 0.555. The van der Waals surface area contributed by atoms with Crippen LogP contribution in [0.2, 0.25) is 0 Å². The summed E-state index contributed by atoms with van der Waals surface area (Å²) in [5.41, 5.74) is -0.0631. The van der Waals surface area contributed by atoms with Crippen LogP contribution in [0.4, 0.5) is 5.95 Å². The predicted octanol–water partition coefficient (Wildman–Crippen LogP) is 1.98. The highest BCUT2D eigenvalue weighted by atomic mass is 32.1. The van der Waals surface area contributed by atoms with Gasteiger partial charge in [-0.25, -0.2) is 4.98 Å². The van der Waals surface area contributed by atoms with Crippen molar-refractivity contribution in [2.75, 3.05) is 11.9 Å². The summed E-state index contributed by atoms with van der Waals surface area (Å²) in [4.78, 5) is 20.7. The monoisotopic (exact) mass is 223 g/mol. The van der Waals surface area contributed by atoms with Gasteiger partial charge in [-0.05, 0) is 19.4 Å². The van der Waals surface area contributed by atoms with E-state index in [9.17, 15) is 4.79 Å². The van der Waals surface area contributed by atoms with E-state index in [-0.39, 0.29) is 5.56 Å². The van der Waals surface area contributed by atoms with Gasteiger partial charge in [0.25, 0.3) is 5.56 Å². The minimum Gasteiger partial charge on any atom is -0.356 e. The van der Waals surface area contributed by atoms with Crippen LogP contribution in [0.5, 0.6) is 0 Å². The predicted molar refractivity (Wildman–Crippen MR) is 63.8 cm³/mol. The quantitative estimate of drug-likeness (QED) is 0.836. The molecule has 0 radical (unpaired) electrons. The molecule has 2 rings (SSSR count). The van der Waals surface area contributed by atoms with Crippen LogP contribution in [-0.4, -0.2) is 16.5 Å². The Hall–Kier alpha value is -1.36. The molecule has 0 aromatic carbocycles. The second kappa shape index (κ2) is 4.02. The summed E-state index contributed by atoms with van der Waals surface area (Å²) in [6.07, 6.45) is 0.941. The number of hydrogen-bond donors (Lipinski definition) is 2. The van der Waals surface area contributed by atoms with Gasteiger partial charge in [0.15, 0.2) is 0 Å². The van der Waals surface area contributed by atoms with Gasteiger partial charge in [-0.1, -0.05) is 6.92 Å². The Bertz CT molecular complexity index is 529. The van der Waals surface area contributed by atoms with E-state index in [1.54, 1.807) is 11.3 Å². The number of anilines is 1. The Labute approximate surface area is 91.4 Å². The van der Waals surface area contributed by atoms with Crippen molar-refractivity contribution in [3.63, 3.8) is 0 Å². The zero-order valence-corrected chi connectivity index (χ0v) is 9.57. The van der Waals surface area contributed by atoms with Crippen molar-refractivity contribution in [1.29, 1.82) is 0 Å². The Balaban J connectivity index is 2.60. The molecular formula is C10H13N3OS. The third kappa shape index (κ3) is 1.87. The maximum Gasteiger partial charge on any atom is 0.261 e. The number of thiophene rings is 1. The highest BCUT2D eigenvalue weighted by Gasteiger charge is 2.07. The molecule has 0 saturated heterocycles. The fraction of sp³-hybridized carbons (Fsp3) is 0.400. The number of hydrogen-bond acceptors (Lipinski definition) is 4. The number of H-pyrrole nitrogens is 1. The largest absolute Gasteiger partial charge is 0.356 e. The average molecular weight is 223 g/mol. The zero-order chi connectivity index (χ0) is 10.8. The molecule has 80 valence electrons. The molecule has 0 aliphatic heterocycles. The number of aryl methyl sites for hydroxylation is 1. The highest BCUT2D eigenvalue weighted by Crippen LogP contribution is 2.21. The number of rotatable bonds is 3. The topological polar surface area (TPSA) is 57.8 Å². The van der Waals surface area contributed by atoms with E-state index in [4.69, 9.17) is 0 Å². The van der Waals surface area contributed by atoms with Crippen LogP contribution in [0.25, 0.3) is 10.2 Å². The summed E-state index contributed by atoms with van der Waals surface area (Å²) in [7, 11) is 0. The summed E-state index contributed by atoms with van der Waals surface area (Å²) in [6.45, 7) is 4.79. The van der Waals surface area contributed by atoms with E-state index < -0.39 is 0 Å². The fourth-order valence-electron chi connectivity index (χ4n) is 1.41.